The molecule has 10 heavy (non-hydrogen) atoms. The molecule has 1 rings (SSSR count). The second kappa shape index (κ2) is 3.17. The lowest BCUT2D eigenvalue weighted by molar-refractivity contribution is 0.0773. The summed E-state index contributed by atoms with van der Waals surface area (Å²) < 4.78 is 1.35. The summed E-state index contributed by atoms with van der Waals surface area (Å²) in [7, 11) is 0. The highest BCUT2D eigenvalue weighted by Crippen LogP contribution is 2.28. The van der Waals surface area contributed by atoms with E-state index >= 15 is 0 Å². The zero-order valence-corrected chi connectivity index (χ0v) is 8.13. The lowest BCUT2D eigenvalue weighted by atomic mass is 10.1. The Bertz CT molecular complexity index is 198. The van der Waals surface area contributed by atoms with Gasteiger partial charge in [-0.2, -0.15) is 0 Å². The Kier molecular flexibility index (Phi) is 2.68. The number of hydrogen-bond donors (Lipinski definition) is 2. The van der Waals surface area contributed by atoms with Crippen molar-refractivity contribution in [1.82, 2.24) is 0 Å². The van der Waals surface area contributed by atoms with E-state index in [4.69, 9.17) is 5.11 Å². The van der Waals surface area contributed by atoms with Gasteiger partial charge in [0, 0.05) is 8.96 Å². The van der Waals surface area contributed by atoms with E-state index in [1.165, 1.54) is 6.08 Å². The van der Waals surface area contributed by atoms with Crippen LogP contribution in [0, 0.1) is 0 Å². The average molecular weight is 270 g/mol. The Morgan fingerprint density at radius 2 is 1.90 bits per heavy atom. The van der Waals surface area contributed by atoms with Crippen LogP contribution in [0.5, 0.6) is 0 Å². The van der Waals surface area contributed by atoms with Crippen LogP contribution in [0.15, 0.2) is 21.1 Å². The van der Waals surface area contributed by atoms with Gasteiger partial charge in [0.2, 0.25) is 0 Å². The Labute approximate surface area is 75.5 Å². The molecule has 0 amide bonds. The third-order valence-corrected chi connectivity index (χ3v) is 3.37. The summed E-state index contributed by atoms with van der Waals surface area (Å²) in [6, 6.07) is 0. The molecule has 2 N–H and O–H groups in total. The minimum atomic E-state index is -0.834. The summed E-state index contributed by atoms with van der Waals surface area (Å²) >= 11 is 6.33. The lowest BCUT2D eigenvalue weighted by Crippen LogP contribution is -2.26. The van der Waals surface area contributed by atoms with Crippen molar-refractivity contribution in [2.45, 2.75) is 12.2 Å². The standard InChI is InChI=1S/C6H6Br2O2/c7-3-1-2-4(9)6(10)5(3)8/h1-2,4,6,9-10H/t4-,6-/m0/s1. The second-order valence-corrected chi connectivity index (χ2v) is 3.70. The molecule has 0 saturated heterocycles. The number of aliphatic hydroxyl groups excluding tert-OH is 2. The van der Waals surface area contributed by atoms with Gasteiger partial charge in [0.15, 0.2) is 0 Å². The third kappa shape index (κ3) is 1.50. The minimum absolute atomic E-state index is 0.586. The minimum Gasteiger partial charge on any atom is -0.386 e. The third-order valence-electron chi connectivity index (χ3n) is 1.25. The van der Waals surface area contributed by atoms with Gasteiger partial charge in [0.25, 0.3) is 0 Å². The quantitative estimate of drug-likeness (QED) is 0.696. The monoisotopic (exact) mass is 268 g/mol. The van der Waals surface area contributed by atoms with Gasteiger partial charge in [0.05, 0.1) is 0 Å². The molecule has 1 aliphatic rings. The normalized spacial score (nSPS) is 33.2. The highest BCUT2D eigenvalue weighted by molar-refractivity contribution is 9.14. The number of aliphatic hydroxyl groups is 2. The topological polar surface area (TPSA) is 40.5 Å². The van der Waals surface area contributed by atoms with Gasteiger partial charge < -0.3 is 10.2 Å². The molecule has 0 saturated carbocycles. The summed E-state index contributed by atoms with van der Waals surface area (Å²) in [5.41, 5.74) is 0. The van der Waals surface area contributed by atoms with E-state index in [1.54, 1.807) is 6.08 Å². The lowest BCUT2D eigenvalue weighted by Gasteiger charge is -2.18. The van der Waals surface area contributed by atoms with E-state index in [2.05, 4.69) is 31.9 Å². The van der Waals surface area contributed by atoms with Gasteiger partial charge in [-0.05, 0) is 22.0 Å². The van der Waals surface area contributed by atoms with Crippen molar-refractivity contribution < 1.29 is 10.2 Å². The Morgan fingerprint density at radius 3 is 2.40 bits per heavy atom. The van der Waals surface area contributed by atoms with Crippen LogP contribution < -0.4 is 0 Å². The van der Waals surface area contributed by atoms with Crippen molar-refractivity contribution in [2.24, 2.45) is 0 Å². The van der Waals surface area contributed by atoms with E-state index < -0.39 is 12.2 Å². The molecule has 0 heterocycles. The number of hydrogen-bond acceptors (Lipinski definition) is 2. The number of halogens is 2. The van der Waals surface area contributed by atoms with Crippen LogP contribution >= 0.6 is 31.9 Å². The molecule has 2 atom stereocenters. The van der Waals surface area contributed by atoms with Crippen LogP contribution in [-0.4, -0.2) is 22.4 Å². The predicted octanol–water partition coefficient (Wildman–Crippen LogP) is 1.28. The van der Waals surface area contributed by atoms with Gasteiger partial charge in [-0.15, -0.1) is 0 Å². The van der Waals surface area contributed by atoms with Crippen molar-refractivity contribution in [3.8, 4) is 0 Å². The summed E-state index contributed by atoms with van der Waals surface area (Å²) in [6.07, 6.45) is 1.59. The van der Waals surface area contributed by atoms with E-state index in [-0.39, 0.29) is 0 Å². The summed E-state index contributed by atoms with van der Waals surface area (Å²) in [4.78, 5) is 0. The Hall–Kier alpha value is 0.360. The first-order chi connectivity index (χ1) is 4.63. The number of rotatable bonds is 0. The average Bonchev–Trinajstić information content (AvgIpc) is 1.93. The van der Waals surface area contributed by atoms with Crippen LogP contribution in [0.1, 0.15) is 0 Å². The molecule has 0 aromatic carbocycles. The van der Waals surface area contributed by atoms with Crippen LogP contribution in [0.4, 0.5) is 0 Å². The van der Waals surface area contributed by atoms with E-state index in [1.807, 2.05) is 0 Å². The Morgan fingerprint density at radius 1 is 1.30 bits per heavy atom. The van der Waals surface area contributed by atoms with Crippen molar-refractivity contribution in [3.63, 3.8) is 0 Å². The maximum Gasteiger partial charge on any atom is 0.116 e. The predicted molar refractivity (Wildman–Crippen MR) is 46.0 cm³/mol. The zero-order valence-electron chi connectivity index (χ0n) is 4.96. The van der Waals surface area contributed by atoms with Gasteiger partial charge in [0.1, 0.15) is 12.2 Å². The van der Waals surface area contributed by atoms with Gasteiger partial charge in [-0.3, -0.25) is 0 Å². The molecule has 0 fully saturated rings. The fraction of sp³-hybridized carbons (Fsp3) is 0.333. The van der Waals surface area contributed by atoms with Crippen molar-refractivity contribution in [2.75, 3.05) is 0 Å². The number of allylic oxidation sites excluding steroid dienone is 2. The van der Waals surface area contributed by atoms with E-state index in [9.17, 15) is 5.11 Å². The van der Waals surface area contributed by atoms with Gasteiger partial charge in [-0.1, -0.05) is 22.0 Å². The van der Waals surface area contributed by atoms with Crippen LogP contribution in [0.2, 0.25) is 0 Å². The molecule has 0 aliphatic heterocycles. The van der Waals surface area contributed by atoms with Crippen LogP contribution in [0.3, 0.4) is 0 Å². The second-order valence-electron chi connectivity index (χ2n) is 1.99. The molecular weight excluding hydrogens is 264 g/mol. The maximum atomic E-state index is 9.18. The maximum absolute atomic E-state index is 9.18. The molecule has 0 unspecified atom stereocenters. The molecule has 0 bridgehead atoms. The molecule has 0 aromatic rings. The van der Waals surface area contributed by atoms with Gasteiger partial charge in [-0.25, -0.2) is 0 Å². The zero-order chi connectivity index (χ0) is 7.72. The largest absolute Gasteiger partial charge is 0.386 e. The van der Waals surface area contributed by atoms with Crippen molar-refractivity contribution in [1.29, 1.82) is 0 Å². The van der Waals surface area contributed by atoms with E-state index in [0.717, 1.165) is 4.48 Å². The first kappa shape index (κ1) is 8.46. The molecule has 2 nitrogen and oxygen atoms in total. The Balaban J connectivity index is 2.88. The van der Waals surface area contributed by atoms with Crippen molar-refractivity contribution >= 4 is 31.9 Å². The molecular formula is C6H6Br2O2. The first-order valence-electron chi connectivity index (χ1n) is 2.72. The molecule has 56 valence electrons. The van der Waals surface area contributed by atoms with E-state index in [0.29, 0.717) is 4.48 Å². The first-order valence-corrected chi connectivity index (χ1v) is 4.31. The fourth-order valence-electron chi connectivity index (χ4n) is 0.659. The van der Waals surface area contributed by atoms with Crippen molar-refractivity contribution in [3.05, 3.63) is 21.1 Å². The van der Waals surface area contributed by atoms with Crippen LogP contribution in [-0.2, 0) is 0 Å². The summed E-state index contributed by atoms with van der Waals surface area (Å²) in [5, 5.41) is 18.2. The molecule has 0 spiro atoms. The van der Waals surface area contributed by atoms with Crippen LogP contribution in [0.25, 0.3) is 0 Å². The molecule has 0 aromatic heterocycles. The molecule has 0 radical (unpaired) electrons. The summed E-state index contributed by atoms with van der Waals surface area (Å²) in [5.74, 6) is 0. The van der Waals surface area contributed by atoms with Gasteiger partial charge >= 0.3 is 0 Å². The highest BCUT2D eigenvalue weighted by Gasteiger charge is 2.21. The smallest absolute Gasteiger partial charge is 0.116 e. The fourth-order valence-corrected chi connectivity index (χ4v) is 1.45. The highest BCUT2D eigenvalue weighted by atomic mass is 79.9. The molecule has 1 aliphatic carbocycles. The molecule has 4 heteroatoms. The SMILES string of the molecule is O[C@@H]1C(Br)=C(Br)C=C[C@@H]1O. The summed E-state index contributed by atoms with van der Waals surface area (Å²) in [6.45, 7) is 0.